The highest BCUT2D eigenvalue weighted by Crippen LogP contribution is 2.17. The number of anilines is 1. The van der Waals surface area contributed by atoms with Crippen LogP contribution >= 0.6 is 11.6 Å². The van der Waals surface area contributed by atoms with E-state index in [1.165, 1.54) is 6.07 Å². The second-order valence-corrected chi connectivity index (χ2v) is 5.52. The topological polar surface area (TPSA) is 113 Å². The molecular formula is C17H17ClN4O3. The van der Waals surface area contributed by atoms with Crippen molar-refractivity contribution in [1.29, 1.82) is 0 Å². The van der Waals surface area contributed by atoms with Crippen molar-refractivity contribution in [3.63, 3.8) is 0 Å². The van der Waals surface area contributed by atoms with Gasteiger partial charge >= 0.3 is 0 Å². The van der Waals surface area contributed by atoms with Gasteiger partial charge in [-0.1, -0.05) is 29.8 Å². The lowest BCUT2D eigenvalue weighted by atomic mass is 10.1. The molecule has 5 N–H and O–H groups in total. The highest BCUT2D eigenvalue weighted by molar-refractivity contribution is 6.31. The van der Waals surface area contributed by atoms with E-state index in [0.717, 1.165) is 0 Å². The number of para-hydroxylation sites is 1. The van der Waals surface area contributed by atoms with Crippen LogP contribution in [0.2, 0.25) is 5.02 Å². The number of halogens is 1. The molecule has 0 aliphatic heterocycles. The summed E-state index contributed by atoms with van der Waals surface area (Å²) in [6.45, 7) is 0.123. The Morgan fingerprint density at radius 3 is 2.48 bits per heavy atom. The average molecular weight is 361 g/mol. The van der Waals surface area contributed by atoms with Crippen LogP contribution in [0.1, 0.15) is 27.1 Å². The van der Waals surface area contributed by atoms with E-state index in [1.807, 2.05) is 5.43 Å². The van der Waals surface area contributed by atoms with Gasteiger partial charge in [-0.05, 0) is 30.3 Å². The number of benzene rings is 2. The summed E-state index contributed by atoms with van der Waals surface area (Å²) < 4.78 is 0. The van der Waals surface area contributed by atoms with Gasteiger partial charge in [0.15, 0.2) is 0 Å². The van der Waals surface area contributed by atoms with Crippen molar-refractivity contribution in [3.8, 4) is 0 Å². The lowest BCUT2D eigenvalue weighted by Gasteiger charge is -2.11. The Labute approximate surface area is 149 Å². The molecule has 0 heterocycles. The largest absolute Gasteiger partial charge is 0.351 e. The van der Waals surface area contributed by atoms with E-state index in [4.69, 9.17) is 17.4 Å². The third kappa shape index (κ3) is 5.30. The van der Waals surface area contributed by atoms with Crippen molar-refractivity contribution in [2.75, 3.05) is 11.9 Å². The first-order chi connectivity index (χ1) is 12.0. The summed E-state index contributed by atoms with van der Waals surface area (Å²) in [4.78, 5) is 35.6. The van der Waals surface area contributed by atoms with Crippen LogP contribution in [0.25, 0.3) is 0 Å². The Morgan fingerprint density at radius 2 is 1.76 bits per heavy atom. The standard InChI is InChI=1S/C17H17ClN4O3/c18-12-5-3-4-11(10-12)16(24)21-14-7-2-1-6-13(14)17(25)20-9-8-15(23)22-19/h1-7,10H,8-9,19H2,(H,20,25)(H,21,24)(H,22,23). The minimum absolute atomic E-state index is 0.0548. The molecule has 0 radical (unpaired) electrons. The van der Waals surface area contributed by atoms with Gasteiger partial charge in [0.2, 0.25) is 5.91 Å². The molecule has 3 amide bonds. The number of nitrogens with two attached hydrogens (primary N) is 1. The van der Waals surface area contributed by atoms with Gasteiger partial charge in [0, 0.05) is 23.6 Å². The molecule has 0 aliphatic carbocycles. The zero-order valence-corrected chi connectivity index (χ0v) is 14.0. The van der Waals surface area contributed by atoms with Crippen LogP contribution in [-0.2, 0) is 4.79 Å². The quantitative estimate of drug-likeness (QED) is 0.356. The summed E-state index contributed by atoms with van der Waals surface area (Å²) in [6.07, 6.45) is 0.0548. The number of amides is 3. The fourth-order valence-electron chi connectivity index (χ4n) is 2.07. The fourth-order valence-corrected chi connectivity index (χ4v) is 2.26. The van der Waals surface area contributed by atoms with Crippen molar-refractivity contribution in [2.45, 2.75) is 6.42 Å². The molecule has 25 heavy (non-hydrogen) atoms. The number of carbonyl (C=O) groups excluding carboxylic acids is 3. The van der Waals surface area contributed by atoms with Gasteiger partial charge in [0.1, 0.15) is 0 Å². The van der Waals surface area contributed by atoms with E-state index < -0.39 is 5.91 Å². The summed E-state index contributed by atoms with van der Waals surface area (Å²) >= 11 is 5.88. The maximum atomic E-state index is 12.3. The molecule has 0 saturated carbocycles. The predicted octanol–water partition coefficient (Wildman–Crippen LogP) is 1.70. The number of carbonyl (C=O) groups is 3. The first-order valence-electron chi connectivity index (χ1n) is 7.45. The van der Waals surface area contributed by atoms with Crippen molar-refractivity contribution < 1.29 is 14.4 Å². The van der Waals surface area contributed by atoms with Crippen LogP contribution in [0.15, 0.2) is 48.5 Å². The van der Waals surface area contributed by atoms with Gasteiger partial charge in [-0.15, -0.1) is 0 Å². The molecule has 8 heteroatoms. The molecule has 0 saturated heterocycles. The zero-order valence-electron chi connectivity index (χ0n) is 13.2. The molecule has 7 nitrogen and oxygen atoms in total. The van der Waals surface area contributed by atoms with E-state index in [9.17, 15) is 14.4 Å². The number of hydrogen-bond donors (Lipinski definition) is 4. The molecule has 0 aliphatic rings. The molecule has 0 fully saturated rings. The normalized spacial score (nSPS) is 10.0. The van der Waals surface area contributed by atoms with Gasteiger partial charge in [-0.25, -0.2) is 5.84 Å². The maximum Gasteiger partial charge on any atom is 0.255 e. The Balaban J connectivity index is 2.08. The average Bonchev–Trinajstić information content (AvgIpc) is 2.61. The molecule has 0 bridgehead atoms. The number of hydrazine groups is 1. The highest BCUT2D eigenvalue weighted by atomic mass is 35.5. The number of nitrogens with one attached hydrogen (secondary N) is 3. The molecule has 0 aromatic heterocycles. The Bertz CT molecular complexity index is 795. The molecule has 0 atom stereocenters. The van der Waals surface area contributed by atoms with Crippen LogP contribution in [-0.4, -0.2) is 24.3 Å². The van der Waals surface area contributed by atoms with Crippen molar-refractivity contribution in [3.05, 3.63) is 64.7 Å². The molecule has 2 aromatic carbocycles. The predicted molar refractivity (Wildman–Crippen MR) is 95.1 cm³/mol. The van der Waals surface area contributed by atoms with Crippen molar-refractivity contribution in [2.24, 2.45) is 5.84 Å². The van der Waals surface area contributed by atoms with E-state index in [1.54, 1.807) is 42.5 Å². The molecule has 2 rings (SSSR count). The van der Waals surface area contributed by atoms with Crippen LogP contribution in [0, 0.1) is 0 Å². The minimum atomic E-state index is -0.410. The van der Waals surface area contributed by atoms with Crippen LogP contribution in [0.4, 0.5) is 5.69 Å². The zero-order chi connectivity index (χ0) is 18.2. The second-order valence-electron chi connectivity index (χ2n) is 5.08. The lowest BCUT2D eigenvalue weighted by Crippen LogP contribution is -2.34. The van der Waals surface area contributed by atoms with Gasteiger partial charge in [0.05, 0.1) is 11.3 Å². The molecule has 130 valence electrons. The smallest absolute Gasteiger partial charge is 0.255 e. The second kappa shape index (κ2) is 8.81. The van der Waals surface area contributed by atoms with E-state index in [-0.39, 0.29) is 30.3 Å². The summed E-state index contributed by atoms with van der Waals surface area (Å²) in [5.74, 6) is 3.80. The summed E-state index contributed by atoms with van der Waals surface area (Å²) in [6, 6.07) is 13.1. The molecule has 0 unspecified atom stereocenters. The number of rotatable bonds is 6. The van der Waals surface area contributed by atoms with Crippen molar-refractivity contribution >= 4 is 35.0 Å². The minimum Gasteiger partial charge on any atom is -0.351 e. The summed E-state index contributed by atoms with van der Waals surface area (Å²) in [5, 5.41) is 5.73. The van der Waals surface area contributed by atoms with Crippen molar-refractivity contribution in [1.82, 2.24) is 10.7 Å². The van der Waals surface area contributed by atoms with Crippen LogP contribution in [0.3, 0.4) is 0 Å². The van der Waals surface area contributed by atoms with E-state index in [2.05, 4.69) is 10.6 Å². The Kier molecular flexibility index (Phi) is 6.50. The highest BCUT2D eigenvalue weighted by Gasteiger charge is 2.14. The monoisotopic (exact) mass is 360 g/mol. The van der Waals surface area contributed by atoms with E-state index >= 15 is 0 Å². The SMILES string of the molecule is NNC(=O)CCNC(=O)c1ccccc1NC(=O)c1cccc(Cl)c1. The van der Waals surface area contributed by atoms with Gasteiger partial charge in [0.25, 0.3) is 11.8 Å². The van der Waals surface area contributed by atoms with Gasteiger partial charge in [-0.2, -0.15) is 0 Å². The first kappa shape index (κ1) is 18.4. The molecular weight excluding hydrogens is 344 g/mol. The van der Waals surface area contributed by atoms with E-state index in [0.29, 0.717) is 16.3 Å². The third-order valence-corrected chi connectivity index (χ3v) is 3.54. The Morgan fingerprint density at radius 1 is 1.00 bits per heavy atom. The van der Waals surface area contributed by atoms with Gasteiger partial charge in [-0.3, -0.25) is 19.8 Å². The third-order valence-electron chi connectivity index (χ3n) is 3.31. The lowest BCUT2D eigenvalue weighted by molar-refractivity contribution is -0.121. The molecule has 2 aromatic rings. The van der Waals surface area contributed by atoms with Gasteiger partial charge < -0.3 is 10.6 Å². The summed E-state index contributed by atoms with van der Waals surface area (Å²) in [5.41, 5.74) is 3.00. The summed E-state index contributed by atoms with van der Waals surface area (Å²) in [7, 11) is 0. The fraction of sp³-hybridized carbons (Fsp3) is 0.118. The Hall–Kier alpha value is -2.90. The maximum absolute atomic E-state index is 12.3. The number of hydrogen-bond acceptors (Lipinski definition) is 4. The molecule has 0 spiro atoms. The first-order valence-corrected chi connectivity index (χ1v) is 7.82. The van der Waals surface area contributed by atoms with Crippen LogP contribution < -0.4 is 21.9 Å². The van der Waals surface area contributed by atoms with Crippen LogP contribution in [0.5, 0.6) is 0 Å².